The highest BCUT2D eigenvalue weighted by atomic mass is 15.1. The van der Waals surface area contributed by atoms with E-state index in [0.717, 1.165) is 19.6 Å². The summed E-state index contributed by atoms with van der Waals surface area (Å²) in [5.74, 6) is 0.596. The molecular formula is C29H41N3. The van der Waals surface area contributed by atoms with Crippen molar-refractivity contribution in [2.75, 3.05) is 45.8 Å². The molecule has 0 saturated carbocycles. The number of nitrogens with one attached hydrogen (secondary N) is 1. The Morgan fingerprint density at radius 2 is 1.59 bits per heavy atom. The van der Waals surface area contributed by atoms with Gasteiger partial charge in [-0.3, -0.25) is 0 Å². The maximum atomic E-state index is 3.68. The average molecular weight is 432 g/mol. The van der Waals surface area contributed by atoms with Gasteiger partial charge in [-0.05, 0) is 80.9 Å². The summed E-state index contributed by atoms with van der Waals surface area (Å²) in [5, 5.41) is 3.68. The van der Waals surface area contributed by atoms with E-state index >= 15 is 0 Å². The Morgan fingerprint density at radius 1 is 0.875 bits per heavy atom. The van der Waals surface area contributed by atoms with Gasteiger partial charge in [0.25, 0.3) is 0 Å². The van der Waals surface area contributed by atoms with Crippen molar-refractivity contribution in [3.05, 3.63) is 76.9 Å². The Hall–Kier alpha value is -1.94. The topological polar surface area (TPSA) is 18.5 Å². The van der Waals surface area contributed by atoms with Crippen molar-refractivity contribution in [2.24, 2.45) is 0 Å². The van der Waals surface area contributed by atoms with Gasteiger partial charge in [-0.1, -0.05) is 73.2 Å². The number of rotatable bonds is 10. The third-order valence-electron chi connectivity index (χ3n) is 7.16. The van der Waals surface area contributed by atoms with Crippen LogP contribution in [0.25, 0.3) is 6.08 Å². The molecule has 0 aromatic heterocycles. The number of piperidine rings is 1. The molecule has 1 unspecified atom stereocenters. The first kappa shape index (κ1) is 23.2. The van der Waals surface area contributed by atoms with E-state index in [1.54, 1.807) is 5.57 Å². The largest absolute Gasteiger partial charge is 0.313 e. The zero-order valence-electron chi connectivity index (χ0n) is 19.9. The van der Waals surface area contributed by atoms with Gasteiger partial charge in [-0.25, -0.2) is 0 Å². The van der Waals surface area contributed by atoms with E-state index in [1.165, 1.54) is 81.5 Å². The molecule has 1 N–H and O–H groups in total. The van der Waals surface area contributed by atoms with Gasteiger partial charge in [0.1, 0.15) is 0 Å². The summed E-state index contributed by atoms with van der Waals surface area (Å²) in [4.78, 5) is 5.25. The van der Waals surface area contributed by atoms with Crippen molar-refractivity contribution in [1.82, 2.24) is 15.1 Å². The van der Waals surface area contributed by atoms with E-state index in [2.05, 4.69) is 82.7 Å². The highest BCUT2D eigenvalue weighted by molar-refractivity contribution is 5.57. The van der Waals surface area contributed by atoms with E-state index in [1.807, 2.05) is 0 Å². The Kier molecular flexibility index (Phi) is 8.96. The molecule has 2 aliphatic heterocycles. The van der Waals surface area contributed by atoms with Crippen molar-refractivity contribution >= 4 is 6.08 Å². The minimum Gasteiger partial charge on any atom is -0.313 e. The molecular weight excluding hydrogens is 390 g/mol. The molecule has 4 rings (SSSR count). The highest BCUT2D eigenvalue weighted by Gasteiger charge is 2.17. The first-order valence-electron chi connectivity index (χ1n) is 12.8. The third-order valence-corrected chi connectivity index (χ3v) is 7.16. The molecule has 1 atom stereocenters. The minimum atomic E-state index is 0.596. The molecule has 0 bridgehead atoms. The molecule has 2 fully saturated rings. The number of nitrogens with zero attached hydrogens (tertiary/aromatic N) is 2. The van der Waals surface area contributed by atoms with E-state index in [-0.39, 0.29) is 0 Å². The summed E-state index contributed by atoms with van der Waals surface area (Å²) in [6.07, 6.45) is 8.89. The lowest BCUT2D eigenvalue weighted by Gasteiger charge is -2.31. The first-order valence-corrected chi connectivity index (χ1v) is 12.8. The molecule has 0 aliphatic carbocycles. The lowest BCUT2D eigenvalue weighted by Crippen LogP contribution is -2.33. The molecule has 32 heavy (non-hydrogen) atoms. The van der Waals surface area contributed by atoms with Gasteiger partial charge < -0.3 is 15.1 Å². The maximum Gasteiger partial charge on any atom is 0.0211 e. The molecule has 3 nitrogen and oxygen atoms in total. The van der Waals surface area contributed by atoms with E-state index < -0.39 is 0 Å². The maximum absolute atomic E-state index is 3.68. The lowest BCUT2D eigenvalue weighted by molar-refractivity contribution is 0.245. The van der Waals surface area contributed by atoms with E-state index in [4.69, 9.17) is 0 Å². The molecule has 2 aromatic carbocycles. The van der Waals surface area contributed by atoms with Crippen LogP contribution < -0.4 is 5.32 Å². The van der Waals surface area contributed by atoms with Crippen LogP contribution in [0.5, 0.6) is 0 Å². The van der Waals surface area contributed by atoms with Crippen molar-refractivity contribution < 1.29 is 0 Å². The predicted molar refractivity (Wildman–Crippen MR) is 137 cm³/mol. The monoisotopic (exact) mass is 431 g/mol. The molecule has 172 valence electrons. The van der Waals surface area contributed by atoms with Gasteiger partial charge in [0.05, 0.1) is 0 Å². The van der Waals surface area contributed by atoms with Crippen LogP contribution in [0.2, 0.25) is 0 Å². The molecule has 2 heterocycles. The smallest absolute Gasteiger partial charge is 0.0211 e. The molecule has 0 amide bonds. The normalized spacial score (nSPS) is 18.7. The van der Waals surface area contributed by atoms with Gasteiger partial charge in [0.15, 0.2) is 0 Å². The highest BCUT2D eigenvalue weighted by Crippen LogP contribution is 2.24. The van der Waals surface area contributed by atoms with Crippen LogP contribution in [0.3, 0.4) is 0 Å². The van der Waals surface area contributed by atoms with Gasteiger partial charge >= 0.3 is 0 Å². The fourth-order valence-electron chi connectivity index (χ4n) is 5.15. The van der Waals surface area contributed by atoms with Crippen LogP contribution in [0.4, 0.5) is 0 Å². The molecule has 2 saturated heterocycles. The fourth-order valence-corrected chi connectivity index (χ4v) is 5.15. The van der Waals surface area contributed by atoms with Crippen molar-refractivity contribution in [1.29, 1.82) is 0 Å². The van der Waals surface area contributed by atoms with Crippen molar-refractivity contribution in [3.8, 4) is 0 Å². The molecule has 2 aliphatic rings. The van der Waals surface area contributed by atoms with Crippen LogP contribution in [-0.4, -0.2) is 55.6 Å². The quantitative estimate of drug-likeness (QED) is 0.498. The first-order chi connectivity index (χ1) is 15.8. The second kappa shape index (κ2) is 12.3. The summed E-state index contributed by atoms with van der Waals surface area (Å²) < 4.78 is 0. The SMILES string of the molecule is CC(CN1CCC(=Cc2ccccc2CNCCCN2CCCC2)CC1)c1ccccc1. The lowest BCUT2D eigenvalue weighted by atomic mass is 9.96. The van der Waals surface area contributed by atoms with Gasteiger partial charge in [-0.2, -0.15) is 0 Å². The Labute approximate surface area is 195 Å². The predicted octanol–water partition coefficient (Wildman–Crippen LogP) is 5.55. The van der Waals surface area contributed by atoms with E-state index in [0.29, 0.717) is 5.92 Å². The fraction of sp³-hybridized carbons (Fsp3) is 0.517. The van der Waals surface area contributed by atoms with Crippen LogP contribution >= 0.6 is 0 Å². The van der Waals surface area contributed by atoms with Crippen LogP contribution in [0.1, 0.15) is 61.6 Å². The standard InChI is InChI=1S/C29H41N3/c1-25(27-10-3-2-4-11-27)24-32-20-14-26(15-21-32)22-28-12-5-6-13-29(28)23-30-16-9-19-31-17-7-8-18-31/h2-6,10-13,22,25,30H,7-9,14-21,23-24H2,1H3. The number of hydrogen-bond acceptors (Lipinski definition) is 3. The minimum absolute atomic E-state index is 0.596. The molecule has 3 heteroatoms. The zero-order valence-corrected chi connectivity index (χ0v) is 19.9. The Morgan fingerprint density at radius 3 is 2.38 bits per heavy atom. The molecule has 0 radical (unpaired) electrons. The van der Waals surface area contributed by atoms with Gasteiger partial charge in [0.2, 0.25) is 0 Å². The van der Waals surface area contributed by atoms with Gasteiger partial charge in [-0.15, -0.1) is 0 Å². The number of likely N-dealkylation sites (tertiary alicyclic amines) is 2. The second-order valence-electron chi connectivity index (χ2n) is 9.69. The molecule has 0 spiro atoms. The second-order valence-corrected chi connectivity index (χ2v) is 9.69. The Bertz CT molecular complexity index is 828. The summed E-state index contributed by atoms with van der Waals surface area (Å²) in [6, 6.07) is 19.9. The number of benzene rings is 2. The summed E-state index contributed by atoms with van der Waals surface area (Å²) in [7, 11) is 0. The molecule has 2 aromatic rings. The summed E-state index contributed by atoms with van der Waals surface area (Å²) >= 11 is 0. The third kappa shape index (κ3) is 7.03. The van der Waals surface area contributed by atoms with Crippen LogP contribution in [0.15, 0.2) is 60.2 Å². The van der Waals surface area contributed by atoms with E-state index in [9.17, 15) is 0 Å². The van der Waals surface area contributed by atoms with Crippen LogP contribution in [-0.2, 0) is 6.54 Å². The average Bonchev–Trinajstić information content (AvgIpc) is 3.35. The van der Waals surface area contributed by atoms with Crippen molar-refractivity contribution in [2.45, 2.75) is 51.5 Å². The summed E-state index contributed by atoms with van der Waals surface area (Å²) in [5.41, 5.74) is 5.90. The van der Waals surface area contributed by atoms with Gasteiger partial charge in [0, 0.05) is 26.2 Å². The van der Waals surface area contributed by atoms with Crippen LogP contribution in [0, 0.1) is 0 Å². The number of hydrogen-bond donors (Lipinski definition) is 1. The zero-order chi connectivity index (χ0) is 22.0. The van der Waals surface area contributed by atoms with Crippen molar-refractivity contribution in [3.63, 3.8) is 0 Å². The Balaban J connectivity index is 1.22. The summed E-state index contributed by atoms with van der Waals surface area (Å²) in [6.45, 7) is 11.8.